The first-order chi connectivity index (χ1) is 9.63. The van der Waals surface area contributed by atoms with Gasteiger partial charge in [0.25, 0.3) is 0 Å². The van der Waals surface area contributed by atoms with Crippen molar-refractivity contribution in [3.05, 3.63) is 35.9 Å². The monoisotopic (exact) mass is 278 g/mol. The van der Waals surface area contributed by atoms with E-state index in [1.54, 1.807) is 4.90 Å². The second-order valence-corrected chi connectivity index (χ2v) is 4.46. The van der Waals surface area contributed by atoms with Gasteiger partial charge in [-0.3, -0.25) is 9.59 Å². The van der Waals surface area contributed by atoms with Crippen LogP contribution in [-0.4, -0.2) is 36.5 Å². The third-order valence-corrected chi connectivity index (χ3v) is 2.86. The normalized spacial score (nSPS) is 10.2. The predicted octanol–water partition coefficient (Wildman–Crippen LogP) is 1.32. The van der Waals surface area contributed by atoms with Crippen LogP contribution in [0.3, 0.4) is 0 Å². The van der Waals surface area contributed by atoms with E-state index in [9.17, 15) is 9.59 Å². The van der Waals surface area contributed by atoms with E-state index >= 15 is 0 Å². The highest BCUT2D eigenvalue weighted by Gasteiger charge is 2.14. The van der Waals surface area contributed by atoms with Gasteiger partial charge in [0.1, 0.15) is 0 Å². The van der Waals surface area contributed by atoms with Gasteiger partial charge in [0, 0.05) is 26.1 Å². The summed E-state index contributed by atoms with van der Waals surface area (Å²) in [5.41, 5.74) is 6.18. The van der Waals surface area contributed by atoms with Gasteiger partial charge in [-0.05, 0) is 12.5 Å². The molecule has 110 valence electrons. The summed E-state index contributed by atoms with van der Waals surface area (Å²) in [6, 6.07) is 9.67. The Morgan fingerprint density at radius 1 is 1.20 bits per heavy atom. The number of amides is 2. The molecule has 2 amide bonds. The van der Waals surface area contributed by atoms with Gasteiger partial charge >= 0.3 is 0 Å². The zero-order chi connectivity index (χ0) is 14.8. The van der Waals surface area contributed by atoms with Crippen LogP contribution in [0.15, 0.2) is 30.3 Å². The molecule has 0 fully saturated rings. The number of primary amides is 1. The van der Waals surface area contributed by atoms with Gasteiger partial charge in [0.2, 0.25) is 11.8 Å². The Balaban J connectivity index is 2.59. The molecule has 1 aromatic rings. The highest BCUT2D eigenvalue weighted by atomic mass is 16.5. The smallest absolute Gasteiger partial charge is 0.225 e. The number of ether oxygens (including phenoxy) is 1. The first-order valence-corrected chi connectivity index (χ1v) is 6.81. The van der Waals surface area contributed by atoms with Gasteiger partial charge in [-0.15, -0.1) is 0 Å². The third-order valence-electron chi connectivity index (χ3n) is 2.86. The van der Waals surface area contributed by atoms with Crippen molar-refractivity contribution in [3.8, 4) is 0 Å². The molecule has 0 atom stereocenters. The highest BCUT2D eigenvalue weighted by Crippen LogP contribution is 2.07. The lowest BCUT2D eigenvalue weighted by atomic mass is 10.2. The molecule has 0 unspecified atom stereocenters. The van der Waals surface area contributed by atoms with E-state index in [0.29, 0.717) is 32.7 Å². The van der Waals surface area contributed by atoms with Gasteiger partial charge in [-0.1, -0.05) is 30.3 Å². The fourth-order valence-corrected chi connectivity index (χ4v) is 1.80. The van der Waals surface area contributed by atoms with Gasteiger partial charge in [-0.25, -0.2) is 0 Å². The molecule has 0 aliphatic heterocycles. The van der Waals surface area contributed by atoms with Crippen LogP contribution in [-0.2, 0) is 20.9 Å². The molecule has 0 spiro atoms. The molecule has 20 heavy (non-hydrogen) atoms. The Kier molecular flexibility index (Phi) is 7.35. The third kappa shape index (κ3) is 6.33. The molecular weight excluding hydrogens is 256 g/mol. The minimum atomic E-state index is -0.402. The summed E-state index contributed by atoms with van der Waals surface area (Å²) < 4.78 is 5.19. The lowest BCUT2D eigenvalue weighted by Crippen LogP contribution is -2.34. The maximum absolute atomic E-state index is 12.1. The van der Waals surface area contributed by atoms with Gasteiger partial charge in [0.15, 0.2) is 0 Å². The molecule has 5 nitrogen and oxygen atoms in total. The van der Waals surface area contributed by atoms with Crippen molar-refractivity contribution in [3.63, 3.8) is 0 Å². The first kappa shape index (κ1) is 16.2. The van der Waals surface area contributed by atoms with Crippen LogP contribution < -0.4 is 5.73 Å². The van der Waals surface area contributed by atoms with Gasteiger partial charge in [0.05, 0.1) is 13.0 Å². The fourth-order valence-electron chi connectivity index (χ4n) is 1.80. The molecule has 0 aliphatic carbocycles. The molecule has 0 radical (unpaired) electrons. The summed E-state index contributed by atoms with van der Waals surface area (Å²) in [7, 11) is 0. The van der Waals surface area contributed by atoms with Crippen molar-refractivity contribution in [2.45, 2.75) is 26.3 Å². The Morgan fingerprint density at radius 2 is 1.90 bits per heavy atom. The second-order valence-electron chi connectivity index (χ2n) is 4.46. The van der Waals surface area contributed by atoms with Crippen LogP contribution in [0.4, 0.5) is 0 Å². The van der Waals surface area contributed by atoms with E-state index < -0.39 is 5.91 Å². The Hall–Kier alpha value is -1.88. The fraction of sp³-hybridized carbons (Fsp3) is 0.467. The molecule has 1 aromatic carbocycles. The molecule has 0 heterocycles. The van der Waals surface area contributed by atoms with Crippen LogP contribution in [0.1, 0.15) is 25.3 Å². The minimum Gasteiger partial charge on any atom is -0.381 e. The number of rotatable bonds is 9. The average Bonchev–Trinajstić information content (AvgIpc) is 2.44. The van der Waals surface area contributed by atoms with Crippen molar-refractivity contribution in [1.29, 1.82) is 0 Å². The summed E-state index contributed by atoms with van der Waals surface area (Å²) in [5.74, 6) is -0.427. The highest BCUT2D eigenvalue weighted by molar-refractivity contribution is 5.78. The molecule has 0 aromatic heterocycles. The van der Waals surface area contributed by atoms with E-state index in [2.05, 4.69) is 0 Å². The molecule has 0 saturated carbocycles. The van der Waals surface area contributed by atoms with E-state index in [0.717, 1.165) is 5.56 Å². The molecule has 2 N–H and O–H groups in total. The van der Waals surface area contributed by atoms with E-state index in [-0.39, 0.29) is 12.3 Å². The number of hydrogen-bond donors (Lipinski definition) is 1. The van der Waals surface area contributed by atoms with Gasteiger partial charge < -0.3 is 15.4 Å². The number of carbonyl (C=O) groups excluding carboxylic acids is 2. The SMILES string of the molecule is CCOCCC(=O)N(CCC(N)=O)Cc1ccccc1. The quantitative estimate of drug-likeness (QED) is 0.692. The zero-order valence-corrected chi connectivity index (χ0v) is 11.9. The Labute approximate surface area is 119 Å². The summed E-state index contributed by atoms with van der Waals surface area (Å²) in [6.07, 6.45) is 0.493. The molecular formula is C15H22N2O3. The summed E-state index contributed by atoms with van der Waals surface area (Å²) in [4.78, 5) is 24.7. The summed E-state index contributed by atoms with van der Waals surface area (Å²) in [6.45, 7) is 3.71. The van der Waals surface area contributed by atoms with Crippen LogP contribution in [0.2, 0.25) is 0 Å². The number of hydrogen-bond acceptors (Lipinski definition) is 3. The topological polar surface area (TPSA) is 72.6 Å². The van der Waals surface area contributed by atoms with Crippen molar-refractivity contribution < 1.29 is 14.3 Å². The summed E-state index contributed by atoms with van der Waals surface area (Å²) in [5, 5.41) is 0. The van der Waals surface area contributed by atoms with Gasteiger partial charge in [-0.2, -0.15) is 0 Å². The zero-order valence-electron chi connectivity index (χ0n) is 11.9. The van der Waals surface area contributed by atoms with E-state index in [1.807, 2.05) is 37.3 Å². The van der Waals surface area contributed by atoms with Crippen molar-refractivity contribution >= 4 is 11.8 Å². The summed E-state index contributed by atoms with van der Waals surface area (Å²) >= 11 is 0. The van der Waals surface area contributed by atoms with Crippen LogP contribution in [0.25, 0.3) is 0 Å². The lowest BCUT2D eigenvalue weighted by molar-refractivity contribution is -0.133. The van der Waals surface area contributed by atoms with Crippen LogP contribution >= 0.6 is 0 Å². The first-order valence-electron chi connectivity index (χ1n) is 6.81. The molecule has 1 rings (SSSR count). The largest absolute Gasteiger partial charge is 0.381 e. The maximum Gasteiger partial charge on any atom is 0.225 e. The predicted molar refractivity (Wildman–Crippen MR) is 76.8 cm³/mol. The molecule has 0 saturated heterocycles. The average molecular weight is 278 g/mol. The van der Waals surface area contributed by atoms with E-state index in [4.69, 9.17) is 10.5 Å². The molecule has 5 heteroatoms. The lowest BCUT2D eigenvalue weighted by Gasteiger charge is -2.22. The Bertz CT molecular complexity index is 420. The second kappa shape index (κ2) is 9.09. The Morgan fingerprint density at radius 3 is 2.50 bits per heavy atom. The van der Waals surface area contributed by atoms with E-state index in [1.165, 1.54) is 0 Å². The molecule has 0 bridgehead atoms. The van der Waals surface area contributed by atoms with Crippen molar-refractivity contribution in [2.75, 3.05) is 19.8 Å². The number of nitrogens with zero attached hydrogens (tertiary/aromatic N) is 1. The van der Waals surface area contributed by atoms with Crippen molar-refractivity contribution in [2.24, 2.45) is 5.73 Å². The van der Waals surface area contributed by atoms with Crippen LogP contribution in [0.5, 0.6) is 0 Å². The standard InChI is InChI=1S/C15H22N2O3/c1-2-20-11-9-15(19)17(10-8-14(16)18)12-13-6-4-3-5-7-13/h3-7H,2,8-12H2,1H3,(H2,16,18). The van der Waals surface area contributed by atoms with Crippen molar-refractivity contribution in [1.82, 2.24) is 4.90 Å². The molecule has 0 aliphatic rings. The van der Waals surface area contributed by atoms with Crippen LogP contribution in [0, 0.1) is 0 Å². The number of carbonyl (C=O) groups is 2. The number of nitrogens with two attached hydrogens (primary N) is 1. The minimum absolute atomic E-state index is 0.0245. The number of benzene rings is 1. The maximum atomic E-state index is 12.1.